The van der Waals surface area contributed by atoms with Crippen molar-refractivity contribution in [3.05, 3.63) is 29.3 Å². The molecule has 0 aromatic heterocycles. The molecule has 0 saturated carbocycles. The molecular weight excluding hydrogens is 290 g/mol. The zero-order valence-corrected chi connectivity index (χ0v) is 14.3. The SMILES string of the molecule is CCCNC(=O)[C@@H](C)NC(=O)CN1CCCc2cc(C)ccc21. The van der Waals surface area contributed by atoms with E-state index in [1.54, 1.807) is 6.92 Å². The Morgan fingerprint density at radius 2 is 2.13 bits per heavy atom. The molecule has 0 radical (unpaired) electrons. The highest BCUT2D eigenvalue weighted by molar-refractivity contribution is 5.89. The Balaban J connectivity index is 1.93. The van der Waals surface area contributed by atoms with Gasteiger partial charge in [-0.05, 0) is 44.7 Å². The number of nitrogens with one attached hydrogen (secondary N) is 2. The summed E-state index contributed by atoms with van der Waals surface area (Å²) in [6.07, 6.45) is 3.00. The summed E-state index contributed by atoms with van der Waals surface area (Å²) in [7, 11) is 0. The highest BCUT2D eigenvalue weighted by Crippen LogP contribution is 2.27. The molecule has 1 aliphatic heterocycles. The van der Waals surface area contributed by atoms with E-state index in [1.165, 1.54) is 11.1 Å². The van der Waals surface area contributed by atoms with Gasteiger partial charge in [0.1, 0.15) is 6.04 Å². The van der Waals surface area contributed by atoms with Crippen LogP contribution in [0.15, 0.2) is 18.2 Å². The summed E-state index contributed by atoms with van der Waals surface area (Å²) in [6.45, 7) is 7.61. The molecule has 0 saturated heterocycles. The molecule has 2 amide bonds. The van der Waals surface area contributed by atoms with E-state index >= 15 is 0 Å². The summed E-state index contributed by atoms with van der Waals surface area (Å²) in [4.78, 5) is 26.2. The lowest BCUT2D eigenvalue weighted by Crippen LogP contribution is -2.48. The minimum absolute atomic E-state index is 0.113. The largest absolute Gasteiger partial charge is 0.362 e. The first-order valence-corrected chi connectivity index (χ1v) is 8.42. The average molecular weight is 317 g/mol. The van der Waals surface area contributed by atoms with Gasteiger partial charge in [-0.3, -0.25) is 9.59 Å². The third-order valence-electron chi connectivity index (χ3n) is 4.10. The number of fused-ring (bicyclic) bond motifs is 1. The maximum absolute atomic E-state index is 12.2. The molecule has 23 heavy (non-hydrogen) atoms. The number of anilines is 1. The summed E-state index contributed by atoms with van der Waals surface area (Å²) in [5, 5.41) is 5.58. The summed E-state index contributed by atoms with van der Waals surface area (Å²) >= 11 is 0. The van der Waals surface area contributed by atoms with E-state index in [1.807, 2.05) is 6.92 Å². The Labute approximate surface area is 138 Å². The number of carbonyl (C=O) groups excluding carboxylic acids is 2. The van der Waals surface area contributed by atoms with Crippen LogP contribution in [0.3, 0.4) is 0 Å². The van der Waals surface area contributed by atoms with E-state index in [-0.39, 0.29) is 11.8 Å². The second-order valence-corrected chi connectivity index (χ2v) is 6.24. The molecular formula is C18H27N3O2. The van der Waals surface area contributed by atoms with Gasteiger partial charge in [-0.15, -0.1) is 0 Å². The van der Waals surface area contributed by atoms with Gasteiger partial charge in [0.15, 0.2) is 0 Å². The average Bonchev–Trinajstić information content (AvgIpc) is 2.52. The van der Waals surface area contributed by atoms with E-state index in [9.17, 15) is 9.59 Å². The fourth-order valence-corrected chi connectivity index (χ4v) is 2.90. The molecule has 0 bridgehead atoms. The van der Waals surface area contributed by atoms with Crippen LogP contribution in [0.1, 0.15) is 37.8 Å². The number of carbonyl (C=O) groups is 2. The number of rotatable bonds is 6. The van der Waals surface area contributed by atoms with Crippen molar-refractivity contribution in [3.8, 4) is 0 Å². The van der Waals surface area contributed by atoms with Crippen LogP contribution in [0.4, 0.5) is 5.69 Å². The highest BCUT2D eigenvalue weighted by Gasteiger charge is 2.21. The maximum Gasteiger partial charge on any atom is 0.242 e. The molecule has 2 rings (SSSR count). The van der Waals surface area contributed by atoms with Gasteiger partial charge in [0.25, 0.3) is 0 Å². The Bertz CT molecular complexity index is 571. The fourth-order valence-electron chi connectivity index (χ4n) is 2.90. The Morgan fingerprint density at radius 1 is 1.35 bits per heavy atom. The van der Waals surface area contributed by atoms with E-state index in [2.05, 4.69) is 40.7 Å². The van der Waals surface area contributed by atoms with Crippen molar-refractivity contribution in [2.45, 2.75) is 46.1 Å². The monoisotopic (exact) mass is 317 g/mol. The zero-order valence-electron chi connectivity index (χ0n) is 14.3. The minimum Gasteiger partial charge on any atom is -0.362 e. The number of aryl methyl sites for hydroxylation is 2. The number of hydrogen-bond acceptors (Lipinski definition) is 3. The van der Waals surface area contributed by atoms with E-state index in [0.717, 1.165) is 31.5 Å². The van der Waals surface area contributed by atoms with Crippen molar-refractivity contribution >= 4 is 17.5 Å². The first-order valence-electron chi connectivity index (χ1n) is 8.42. The van der Waals surface area contributed by atoms with Gasteiger partial charge in [0.05, 0.1) is 6.54 Å². The second kappa shape index (κ2) is 7.99. The topological polar surface area (TPSA) is 61.4 Å². The van der Waals surface area contributed by atoms with Gasteiger partial charge in [-0.25, -0.2) is 0 Å². The lowest BCUT2D eigenvalue weighted by molar-refractivity contribution is -0.127. The summed E-state index contributed by atoms with van der Waals surface area (Å²) in [5.74, 6) is -0.243. The van der Waals surface area contributed by atoms with Crippen LogP contribution in [0.5, 0.6) is 0 Å². The molecule has 0 spiro atoms. The van der Waals surface area contributed by atoms with Crippen LogP contribution in [-0.4, -0.2) is 37.5 Å². The van der Waals surface area contributed by atoms with Gasteiger partial charge in [-0.1, -0.05) is 24.6 Å². The van der Waals surface area contributed by atoms with E-state index in [4.69, 9.17) is 0 Å². The second-order valence-electron chi connectivity index (χ2n) is 6.24. The van der Waals surface area contributed by atoms with Crippen molar-refractivity contribution in [3.63, 3.8) is 0 Å². The molecule has 2 N–H and O–H groups in total. The fraction of sp³-hybridized carbons (Fsp3) is 0.556. The van der Waals surface area contributed by atoms with Crippen LogP contribution in [0.25, 0.3) is 0 Å². The lowest BCUT2D eigenvalue weighted by atomic mass is 9.99. The third kappa shape index (κ3) is 4.71. The van der Waals surface area contributed by atoms with E-state index < -0.39 is 6.04 Å². The first-order chi connectivity index (χ1) is 11.0. The van der Waals surface area contributed by atoms with Crippen LogP contribution < -0.4 is 15.5 Å². The molecule has 5 nitrogen and oxygen atoms in total. The predicted molar refractivity (Wildman–Crippen MR) is 92.6 cm³/mol. The van der Waals surface area contributed by atoms with Gasteiger partial charge in [0.2, 0.25) is 11.8 Å². The summed E-state index contributed by atoms with van der Waals surface area (Å²) < 4.78 is 0. The minimum atomic E-state index is -0.503. The number of nitrogens with zero attached hydrogens (tertiary/aromatic N) is 1. The Hall–Kier alpha value is -2.04. The predicted octanol–water partition coefficient (Wildman–Crippen LogP) is 1.78. The lowest BCUT2D eigenvalue weighted by Gasteiger charge is -2.31. The molecule has 5 heteroatoms. The van der Waals surface area contributed by atoms with Gasteiger partial charge in [0, 0.05) is 18.8 Å². The molecule has 1 aliphatic rings. The van der Waals surface area contributed by atoms with Crippen molar-refractivity contribution in [2.75, 3.05) is 24.5 Å². The zero-order chi connectivity index (χ0) is 16.8. The summed E-state index contributed by atoms with van der Waals surface area (Å²) in [5.41, 5.74) is 3.69. The van der Waals surface area contributed by atoms with Crippen LogP contribution >= 0.6 is 0 Å². The number of amides is 2. The molecule has 1 aromatic carbocycles. The Morgan fingerprint density at radius 3 is 2.87 bits per heavy atom. The van der Waals surface area contributed by atoms with Crippen molar-refractivity contribution in [1.29, 1.82) is 0 Å². The van der Waals surface area contributed by atoms with Gasteiger partial charge in [-0.2, -0.15) is 0 Å². The van der Waals surface area contributed by atoms with Crippen LogP contribution in [0.2, 0.25) is 0 Å². The third-order valence-corrected chi connectivity index (χ3v) is 4.10. The van der Waals surface area contributed by atoms with Gasteiger partial charge < -0.3 is 15.5 Å². The molecule has 1 atom stereocenters. The Kier molecular flexibility index (Phi) is 6.02. The van der Waals surface area contributed by atoms with Crippen LogP contribution in [0, 0.1) is 6.92 Å². The van der Waals surface area contributed by atoms with Gasteiger partial charge >= 0.3 is 0 Å². The van der Waals surface area contributed by atoms with Crippen molar-refractivity contribution in [1.82, 2.24) is 10.6 Å². The smallest absolute Gasteiger partial charge is 0.242 e. The van der Waals surface area contributed by atoms with Crippen LogP contribution in [-0.2, 0) is 16.0 Å². The standard InChI is InChI=1S/C18H27N3O2/c1-4-9-19-18(23)14(3)20-17(22)12-21-10-5-6-15-11-13(2)7-8-16(15)21/h7-8,11,14H,4-6,9-10,12H2,1-3H3,(H,19,23)(H,20,22)/t14-/m1/s1. The van der Waals surface area contributed by atoms with Crippen molar-refractivity contribution < 1.29 is 9.59 Å². The number of hydrogen-bond donors (Lipinski definition) is 2. The molecule has 0 fully saturated rings. The van der Waals surface area contributed by atoms with E-state index in [0.29, 0.717) is 13.1 Å². The molecule has 0 aliphatic carbocycles. The maximum atomic E-state index is 12.2. The quantitative estimate of drug-likeness (QED) is 0.841. The number of benzene rings is 1. The molecule has 1 aromatic rings. The molecule has 126 valence electrons. The molecule has 0 unspecified atom stereocenters. The first kappa shape index (κ1) is 17.3. The summed E-state index contributed by atoms with van der Waals surface area (Å²) in [6, 6.07) is 5.86. The highest BCUT2D eigenvalue weighted by atomic mass is 16.2. The van der Waals surface area contributed by atoms with Crippen molar-refractivity contribution in [2.24, 2.45) is 0 Å². The molecule has 1 heterocycles. The normalized spacial score (nSPS) is 14.8.